The maximum atomic E-state index is 13.9. The van der Waals surface area contributed by atoms with Crippen LogP contribution in [0.1, 0.15) is 11.3 Å². The van der Waals surface area contributed by atoms with Crippen LogP contribution in [-0.4, -0.2) is 14.8 Å². The minimum Gasteiger partial charge on any atom is -0.467 e. The lowest BCUT2D eigenvalue weighted by atomic mass is 10.2. The molecule has 0 bridgehead atoms. The van der Waals surface area contributed by atoms with E-state index in [0.29, 0.717) is 28.3 Å². The van der Waals surface area contributed by atoms with E-state index in [0.717, 1.165) is 5.56 Å². The number of hydrogen-bond acceptors (Lipinski definition) is 4. The highest BCUT2D eigenvalue weighted by atomic mass is 35.5. The molecule has 4 aromatic rings. The highest BCUT2D eigenvalue weighted by Gasteiger charge is 2.18. The van der Waals surface area contributed by atoms with E-state index in [9.17, 15) is 8.78 Å². The van der Waals surface area contributed by atoms with Crippen molar-refractivity contribution in [1.29, 1.82) is 0 Å². The molecule has 2 heterocycles. The monoisotopic (exact) mass is 417 g/mol. The quantitative estimate of drug-likeness (QED) is 0.371. The molecule has 0 atom stereocenters. The van der Waals surface area contributed by atoms with Crippen molar-refractivity contribution in [2.45, 2.75) is 17.5 Å². The minimum absolute atomic E-state index is 0.00403. The van der Waals surface area contributed by atoms with Gasteiger partial charge < -0.3 is 4.42 Å². The lowest BCUT2D eigenvalue weighted by Gasteiger charge is -2.10. The Bertz CT molecular complexity index is 1080. The molecular weight excluding hydrogens is 404 g/mol. The van der Waals surface area contributed by atoms with Crippen molar-refractivity contribution in [2.24, 2.45) is 0 Å². The SMILES string of the molecule is Fc1cccc(F)c1CSc1nnc(-c2cccc(Cl)c2)n1Cc1ccco1. The van der Waals surface area contributed by atoms with Crippen molar-refractivity contribution >= 4 is 23.4 Å². The van der Waals surface area contributed by atoms with Crippen LogP contribution in [0.5, 0.6) is 0 Å². The topological polar surface area (TPSA) is 43.9 Å². The van der Waals surface area contributed by atoms with Crippen LogP contribution < -0.4 is 0 Å². The van der Waals surface area contributed by atoms with Crippen molar-refractivity contribution in [1.82, 2.24) is 14.8 Å². The van der Waals surface area contributed by atoms with Gasteiger partial charge >= 0.3 is 0 Å². The lowest BCUT2D eigenvalue weighted by molar-refractivity contribution is 0.485. The summed E-state index contributed by atoms with van der Waals surface area (Å²) in [5.41, 5.74) is 0.792. The van der Waals surface area contributed by atoms with Gasteiger partial charge in [-0.05, 0) is 36.4 Å². The maximum absolute atomic E-state index is 13.9. The van der Waals surface area contributed by atoms with E-state index in [1.165, 1.54) is 30.0 Å². The van der Waals surface area contributed by atoms with Crippen LogP contribution in [0.4, 0.5) is 8.78 Å². The number of halogens is 3. The fraction of sp³-hybridized carbons (Fsp3) is 0.100. The number of nitrogens with zero attached hydrogens (tertiary/aromatic N) is 3. The van der Waals surface area contributed by atoms with Crippen LogP contribution in [0.25, 0.3) is 11.4 Å². The molecule has 0 saturated carbocycles. The number of rotatable bonds is 6. The molecule has 4 rings (SSSR count). The third-order valence-corrected chi connectivity index (χ3v) is 5.33. The molecule has 0 fully saturated rings. The highest BCUT2D eigenvalue weighted by molar-refractivity contribution is 7.98. The molecule has 8 heteroatoms. The Hall–Kier alpha value is -2.64. The third kappa shape index (κ3) is 3.95. The van der Waals surface area contributed by atoms with Crippen LogP contribution in [0.15, 0.2) is 70.4 Å². The molecule has 0 spiro atoms. The van der Waals surface area contributed by atoms with E-state index < -0.39 is 11.6 Å². The lowest BCUT2D eigenvalue weighted by Crippen LogP contribution is -2.04. The Morgan fingerprint density at radius 1 is 1.00 bits per heavy atom. The van der Waals surface area contributed by atoms with E-state index in [1.54, 1.807) is 24.5 Å². The maximum Gasteiger partial charge on any atom is 0.192 e. The van der Waals surface area contributed by atoms with Crippen LogP contribution >= 0.6 is 23.4 Å². The second-order valence-electron chi connectivity index (χ2n) is 5.97. The smallest absolute Gasteiger partial charge is 0.192 e. The largest absolute Gasteiger partial charge is 0.467 e. The average Bonchev–Trinajstić information content (AvgIpc) is 3.32. The highest BCUT2D eigenvalue weighted by Crippen LogP contribution is 2.29. The van der Waals surface area contributed by atoms with E-state index in [2.05, 4.69) is 10.2 Å². The Balaban J connectivity index is 1.68. The standard InChI is InChI=1S/C20H14ClF2N3OS/c21-14-5-1-4-13(10-14)19-24-25-20(26(19)11-15-6-3-9-27-15)28-12-16-17(22)7-2-8-18(16)23/h1-10H,11-12H2. The fourth-order valence-electron chi connectivity index (χ4n) is 2.74. The van der Waals surface area contributed by atoms with Crippen molar-refractivity contribution < 1.29 is 13.2 Å². The summed E-state index contributed by atoms with van der Waals surface area (Å²) in [5, 5.41) is 9.59. The molecule has 0 aliphatic carbocycles. The summed E-state index contributed by atoms with van der Waals surface area (Å²) in [7, 11) is 0. The summed E-state index contributed by atoms with van der Waals surface area (Å²) in [4.78, 5) is 0. The van der Waals surface area contributed by atoms with Gasteiger partial charge in [0.15, 0.2) is 11.0 Å². The van der Waals surface area contributed by atoms with Gasteiger partial charge in [-0.2, -0.15) is 0 Å². The van der Waals surface area contributed by atoms with Gasteiger partial charge in [0.1, 0.15) is 17.4 Å². The van der Waals surface area contributed by atoms with Gasteiger partial charge in [0.2, 0.25) is 0 Å². The molecule has 0 N–H and O–H groups in total. The Morgan fingerprint density at radius 3 is 2.50 bits per heavy atom. The summed E-state index contributed by atoms with van der Waals surface area (Å²) in [5.74, 6) is 0.224. The summed E-state index contributed by atoms with van der Waals surface area (Å²) in [6.07, 6.45) is 1.58. The fourth-order valence-corrected chi connectivity index (χ4v) is 3.89. The predicted octanol–water partition coefficient (Wildman–Crippen LogP) is 5.81. The van der Waals surface area contributed by atoms with Gasteiger partial charge in [0.05, 0.1) is 12.8 Å². The van der Waals surface area contributed by atoms with Gasteiger partial charge in [-0.15, -0.1) is 10.2 Å². The molecule has 28 heavy (non-hydrogen) atoms. The first-order chi connectivity index (χ1) is 13.6. The van der Waals surface area contributed by atoms with Crippen LogP contribution in [0.3, 0.4) is 0 Å². The van der Waals surface area contributed by atoms with Crippen molar-refractivity contribution in [3.05, 3.63) is 88.8 Å². The number of benzene rings is 2. The van der Waals surface area contributed by atoms with E-state index in [4.69, 9.17) is 16.0 Å². The number of hydrogen-bond donors (Lipinski definition) is 0. The van der Waals surface area contributed by atoms with Gasteiger partial charge in [-0.25, -0.2) is 8.78 Å². The summed E-state index contributed by atoms with van der Waals surface area (Å²) in [6, 6.07) is 14.7. The van der Waals surface area contributed by atoms with Crippen molar-refractivity contribution in [3.8, 4) is 11.4 Å². The molecular formula is C20H14ClF2N3OS. The first kappa shape index (κ1) is 18.7. The van der Waals surface area contributed by atoms with Crippen molar-refractivity contribution in [3.63, 3.8) is 0 Å². The van der Waals surface area contributed by atoms with Gasteiger partial charge in [-0.3, -0.25) is 4.57 Å². The summed E-state index contributed by atoms with van der Waals surface area (Å²) in [6.45, 7) is 0.379. The van der Waals surface area contributed by atoms with Gasteiger partial charge in [0.25, 0.3) is 0 Å². The number of thioether (sulfide) groups is 1. The molecule has 0 unspecified atom stereocenters. The molecule has 142 valence electrons. The average molecular weight is 418 g/mol. The molecule has 0 radical (unpaired) electrons. The Labute approximate surface area is 169 Å². The molecule has 0 aliphatic heterocycles. The van der Waals surface area contributed by atoms with Gasteiger partial charge in [-0.1, -0.05) is 41.6 Å². The first-order valence-electron chi connectivity index (χ1n) is 8.39. The summed E-state index contributed by atoms with van der Waals surface area (Å²) < 4.78 is 35.2. The second-order valence-corrected chi connectivity index (χ2v) is 7.35. The zero-order chi connectivity index (χ0) is 19.5. The second kappa shape index (κ2) is 8.16. The Kier molecular flexibility index (Phi) is 5.45. The Morgan fingerprint density at radius 2 is 1.79 bits per heavy atom. The van der Waals surface area contributed by atoms with Crippen LogP contribution in [-0.2, 0) is 12.3 Å². The summed E-state index contributed by atoms with van der Waals surface area (Å²) >= 11 is 7.31. The van der Waals surface area contributed by atoms with Crippen molar-refractivity contribution in [2.75, 3.05) is 0 Å². The normalized spacial score (nSPS) is 11.1. The van der Waals surface area contributed by atoms with E-state index in [-0.39, 0.29) is 11.3 Å². The van der Waals surface area contributed by atoms with Crippen LogP contribution in [0, 0.1) is 11.6 Å². The zero-order valence-corrected chi connectivity index (χ0v) is 16.1. The molecule has 0 saturated heterocycles. The predicted molar refractivity (Wildman–Crippen MR) is 104 cm³/mol. The molecule has 0 aliphatic rings. The van der Waals surface area contributed by atoms with Gasteiger partial charge in [0, 0.05) is 21.9 Å². The molecule has 2 aromatic heterocycles. The zero-order valence-electron chi connectivity index (χ0n) is 14.5. The molecule has 4 nitrogen and oxygen atoms in total. The minimum atomic E-state index is -0.584. The molecule has 0 amide bonds. The first-order valence-corrected chi connectivity index (χ1v) is 9.75. The van der Waals surface area contributed by atoms with Crippen LogP contribution in [0.2, 0.25) is 5.02 Å². The van der Waals surface area contributed by atoms with E-state index in [1.807, 2.05) is 22.8 Å². The van der Waals surface area contributed by atoms with E-state index >= 15 is 0 Å². The third-order valence-electron chi connectivity index (χ3n) is 4.10. The molecule has 2 aromatic carbocycles. The number of furan rings is 1. The number of aromatic nitrogens is 3.